The van der Waals surface area contributed by atoms with Gasteiger partial charge in [-0.3, -0.25) is 4.79 Å². The summed E-state index contributed by atoms with van der Waals surface area (Å²) in [4.78, 5) is 20.0. The minimum absolute atomic E-state index is 0.0115. The molecule has 26 heavy (non-hydrogen) atoms. The van der Waals surface area contributed by atoms with Crippen molar-refractivity contribution in [1.29, 1.82) is 5.26 Å². The summed E-state index contributed by atoms with van der Waals surface area (Å²) >= 11 is 5.97. The summed E-state index contributed by atoms with van der Waals surface area (Å²) in [5.74, 6) is 0.0115. The van der Waals surface area contributed by atoms with Crippen LogP contribution in [0, 0.1) is 11.3 Å². The molecule has 4 rings (SSSR count). The fourth-order valence-corrected chi connectivity index (χ4v) is 3.56. The average Bonchev–Trinajstić information content (AvgIpc) is 3.11. The fraction of sp³-hybridized carbons (Fsp3) is 0.200. The van der Waals surface area contributed by atoms with Gasteiger partial charge in [-0.1, -0.05) is 29.8 Å². The van der Waals surface area contributed by atoms with E-state index in [-0.39, 0.29) is 5.91 Å². The predicted octanol–water partition coefficient (Wildman–Crippen LogP) is 3.66. The van der Waals surface area contributed by atoms with E-state index in [9.17, 15) is 10.1 Å². The van der Waals surface area contributed by atoms with Crippen molar-refractivity contribution >= 4 is 34.1 Å². The number of piperazine rings is 1. The maximum Gasteiger partial charge on any atom is 0.270 e. The lowest BCUT2D eigenvalue weighted by atomic mass is 10.1. The molecular weight excluding hydrogens is 348 g/mol. The van der Waals surface area contributed by atoms with E-state index >= 15 is 0 Å². The zero-order valence-electron chi connectivity index (χ0n) is 14.1. The molecule has 1 saturated heterocycles. The maximum absolute atomic E-state index is 12.8. The number of hydrogen-bond donors (Lipinski definition) is 1. The number of amides is 1. The van der Waals surface area contributed by atoms with Crippen molar-refractivity contribution in [2.45, 2.75) is 0 Å². The normalized spacial score (nSPS) is 14.5. The van der Waals surface area contributed by atoms with Crippen LogP contribution >= 0.6 is 11.6 Å². The Morgan fingerprint density at radius 1 is 1.08 bits per heavy atom. The Kier molecular flexibility index (Phi) is 4.27. The monoisotopic (exact) mass is 364 g/mol. The third-order valence-electron chi connectivity index (χ3n) is 4.75. The standard InChI is InChI=1S/C20H17ClN4O/c21-16-5-6-19(15(11-16)13-22)24-7-9-25(10-8-24)20(26)18-12-14-3-1-2-4-17(14)23-18/h1-6,11-12,23H,7-10H2. The minimum Gasteiger partial charge on any atom is -0.367 e. The van der Waals surface area contributed by atoms with Crippen LogP contribution in [-0.2, 0) is 0 Å². The van der Waals surface area contributed by atoms with Crippen LogP contribution < -0.4 is 4.90 Å². The number of carbonyl (C=O) groups is 1. The van der Waals surface area contributed by atoms with Gasteiger partial charge in [-0.05, 0) is 30.3 Å². The van der Waals surface area contributed by atoms with Crippen LogP contribution in [0.5, 0.6) is 0 Å². The lowest BCUT2D eigenvalue weighted by molar-refractivity contribution is 0.0742. The van der Waals surface area contributed by atoms with Crippen LogP contribution in [0.15, 0.2) is 48.5 Å². The summed E-state index contributed by atoms with van der Waals surface area (Å²) in [7, 11) is 0. The van der Waals surface area contributed by atoms with Crippen molar-refractivity contribution < 1.29 is 4.79 Å². The number of nitriles is 1. The molecular formula is C20H17ClN4O. The summed E-state index contributed by atoms with van der Waals surface area (Å²) in [6.07, 6.45) is 0. The number of benzene rings is 2. The van der Waals surface area contributed by atoms with Gasteiger partial charge >= 0.3 is 0 Å². The van der Waals surface area contributed by atoms with Crippen molar-refractivity contribution in [2.24, 2.45) is 0 Å². The van der Waals surface area contributed by atoms with Crippen molar-refractivity contribution in [2.75, 3.05) is 31.1 Å². The smallest absolute Gasteiger partial charge is 0.270 e. The number of halogens is 1. The third kappa shape index (κ3) is 3.00. The summed E-state index contributed by atoms with van der Waals surface area (Å²) in [6, 6.07) is 17.3. The van der Waals surface area contributed by atoms with Crippen molar-refractivity contribution in [3.05, 3.63) is 64.8 Å². The van der Waals surface area contributed by atoms with Crippen LogP contribution in [0.4, 0.5) is 5.69 Å². The highest BCUT2D eigenvalue weighted by Crippen LogP contribution is 2.25. The number of hydrogen-bond acceptors (Lipinski definition) is 3. The third-order valence-corrected chi connectivity index (χ3v) is 4.98. The quantitative estimate of drug-likeness (QED) is 0.754. The van der Waals surface area contributed by atoms with Crippen LogP contribution in [0.3, 0.4) is 0 Å². The van der Waals surface area contributed by atoms with Gasteiger partial charge in [-0.15, -0.1) is 0 Å². The molecule has 0 saturated carbocycles. The van der Waals surface area contributed by atoms with Crippen LogP contribution in [0.1, 0.15) is 16.1 Å². The maximum atomic E-state index is 12.8. The topological polar surface area (TPSA) is 63.1 Å². The molecule has 6 heteroatoms. The van der Waals surface area contributed by atoms with Gasteiger partial charge in [0.15, 0.2) is 0 Å². The molecule has 1 aliphatic heterocycles. The predicted molar refractivity (Wildman–Crippen MR) is 103 cm³/mol. The Labute approximate surface area is 156 Å². The van der Waals surface area contributed by atoms with E-state index in [2.05, 4.69) is 16.0 Å². The molecule has 2 heterocycles. The van der Waals surface area contributed by atoms with E-state index in [4.69, 9.17) is 11.6 Å². The van der Waals surface area contributed by atoms with Crippen LogP contribution in [0.25, 0.3) is 10.9 Å². The van der Waals surface area contributed by atoms with Gasteiger partial charge in [0.2, 0.25) is 0 Å². The second-order valence-electron chi connectivity index (χ2n) is 6.32. The molecule has 130 valence electrons. The minimum atomic E-state index is 0.0115. The van der Waals surface area contributed by atoms with Gasteiger partial charge in [-0.25, -0.2) is 0 Å². The van der Waals surface area contributed by atoms with Gasteiger partial charge in [0.25, 0.3) is 5.91 Å². The molecule has 0 aliphatic carbocycles. The zero-order valence-corrected chi connectivity index (χ0v) is 14.8. The van der Waals surface area contributed by atoms with E-state index in [0.717, 1.165) is 16.6 Å². The molecule has 2 aromatic carbocycles. The highest BCUT2D eigenvalue weighted by Gasteiger charge is 2.24. The number of nitrogens with zero attached hydrogens (tertiary/aromatic N) is 3. The molecule has 0 unspecified atom stereocenters. The summed E-state index contributed by atoms with van der Waals surface area (Å²) < 4.78 is 0. The van der Waals surface area contributed by atoms with Crippen molar-refractivity contribution in [3.63, 3.8) is 0 Å². The molecule has 3 aromatic rings. The molecule has 5 nitrogen and oxygen atoms in total. The lowest BCUT2D eigenvalue weighted by Crippen LogP contribution is -2.49. The Morgan fingerprint density at radius 2 is 1.85 bits per heavy atom. The van der Waals surface area contributed by atoms with Crippen LogP contribution in [0.2, 0.25) is 5.02 Å². The SMILES string of the molecule is N#Cc1cc(Cl)ccc1N1CCN(C(=O)c2cc3ccccc3[nH]2)CC1. The number of fused-ring (bicyclic) bond motifs is 1. The molecule has 1 aliphatic rings. The Hall–Kier alpha value is -2.97. The first-order valence-corrected chi connectivity index (χ1v) is 8.85. The van der Waals surface area contributed by atoms with Crippen LogP contribution in [-0.4, -0.2) is 42.0 Å². The highest BCUT2D eigenvalue weighted by molar-refractivity contribution is 6.30. The number of aromatic amines is 1. The molecule has 1 amide bonds. The molecule has 1 N–H and O–H groups in total. The molecule has 0 spiro atoms. The van der Waals surface area contributed by atoms with Crippen molar-refractivity contribution in [3.8, 4) is 6.07 Å². The van der Waals surface area contributed by atoms with Gasteiger partial charge in [0.05, 0.1) is 11.3 Å². The lowest BCUT2D eigenvalue weighted by Gasteiger charge is -2.36. The number of para-hydroxylation sites is 1. The first kappa shape index (κ1) is 16.5. The number of H-pyrrole nitrogens is 1. The molecule has 0 atom stereocenters. The summed E-state index contributed by atoms with van der Waals surface area (Å²) in [6.45, 7) is 2.59. The van der Waals surface area contributed by atoms with Gasteiger partial charge < -0.3 is 14.8 Å². The van der Waals surface area contributed by atoms with Gasteiger partial charge in [0, 0.05) is 42.1 Å². The van der Waals surface area contributed by atoms with E-state index in [0.29, 0.717) is 42.5 Å². The van der Waals surface area contributed by atoms with Gasteiger partial charge in [-0.2, -0.15) is 5.26 Å². The first-order valence-electron chi connectivity index (χ1n) is 8.47. The Balaban J connectivity index is 1.48. The molecule has 1 fully saturated rings. The fourth-order valence-electron chi connectivity index (χ4n) is 3.38. The number of anilines is 1. The molecule has 0 radical (unpaired) electrons. The molecule has 0 bridgehead atoms. The van der Waals surface area contributed by atoms with E-state index in [1.54, 1.807) is 12.1 Å². The number of aromatic nitrogens is 1. The first-order chi connectivity index (χ1) is 12.7. The summed E-state index contributed by atoms with van der Waals surface area (Å²) in [5, 5.41) is 10.9. The summed E-state index contributed by atoms with van der Waals surface area (Å²) in [5.41, 5.74) is 3.01. The second-order valence-corrected chi connectivity index (χ2v) is 6.76. The highest BCUT2D eigenvalue weighted by atomic mass is 35.5. The number of rotatable bonds is 2. The number of nitrogens with one attached hydrogen (secondary N) is 1. The van der Waals surface area contributed by atoms with E-state index in [1.807, 2.05) is 41.3 Å². The largest absolute Gasteiger partial charge is 0.367 e. The van der Waals surface area contributed by atoms with E-state index in [1.165, 1.54) is 0 Å². The Bertz CT molecular complexity index is 979. The van der Waals surface area contributed by atoms with Gasteiger partial charge in [0.1, 0.15) is 11.8 Å². The Morgan fingerprint density at radius 3 is 2.58 bits per heavy atom. The zero-order chi connectivity index (χ0) is 18.1. The average molecular weight is 365 g/mol. The van der Waals surface area contributed by atoms with E-state index < -0.39 is 0 Å². The van der Waals surface area contributed by atoms with Crippen molar-refractivity contribution in [1.82, 2.24) is 9.88 Å². The molecule has 1 aromatic heterocycles. The second kappa shape index (κ2) is 6.74. The number of carbonyl (C=O) groups excluding carboxylic acids is 1.